The van der Waals surface area contributed by atoms with Gasteiger partial charge >= 0.3 is 0 Å². The zero-order valence-corrected chi connectivity index (χ0v) is 10.6. The zero-order chi connectivity index (χ0) is 11.6. The van der Waals surface area contributed by atoms with Gasteiger partial charge in [0.05, 0.1) is 17.6 Å². The molecule has 3 nitrogen and oxygen atoms in total. The second-order valence-electron chi connectivity index (χ2n) is 4.97. The molecule has 2 unspecified atom stereocenters. The number of hydrogen-bond acceptors (Lipinski definition) is 2. The van der Waals surface area contributed by atoms with Gasteiger partial charge in [-0.15, -0.1) is 11.6 Å². The van der Waals surface area contributed by atoms with E-state index in [1.807, 2.05) is 0 Å². The van der Waals surface area contributed by atoms with Crippen LogP contribution < -0.4 is 5.32 Å². The lowest BCUT2D eigenvalue weighted by atomic mass is 9.78. The van der Waals surface area contributed by atoms with Gasteiger partial charge in [-0.25, -0.2) is 0 Å². The second-order valence-corrected chi connectivity index (χ2v) is 5.24. The summed E-state index contributed by atoms with van der Waals surface area (Å²) < 4.78 is 5.54. The molecule has 2 atom stereocenters. The lowest BCUT2D eigenvalue weighted by Crippen LogP contribution is -2.57. The summed E-state index contributed by atoms with van der Waals surface area (Å²) in [5, 5.41) is 3.13. The fraction of sp³-hybridized carbons (Fsp3) is 0.917. The molecule has 0 radical (unpaired) electrons. The SMILES string of the molecule is CCC1OCCC1C(=O)NC1(CCl)CCC1. The summed E-state index contributed by atoms with van der Waals surface area (Å²) in [6, 6.07) is 0. The molecule has 0 aromatic heterocycles. The van der Waals surface area contributed by atoms with Gasteiger partial charge in [-0.05, 0) is 32.1 Å². The van der Waals surface area contributed by atoms with Crippen molar-refractivity contribution in [2.24, 2.45) is 5.92 Å². The number of alkyl halides is 1. The van der Waals surface area contributed by atoms with Crippen LogP contribution in [0.2, 0.25) is 0 Å². The van der Waals surface area contributed by atoms with Crippen LogP contribution in [-0.2, 0) is 9.53 Å². The van der Waals surface area contributed by atoms with Crippen molar-refractivity contribution in [2.45, 2.75) is 50.7 Å². The van der Waals surface area contributed by atoms with Gasteiger partial charge in [0.15, 0.2) is 0 Å². The van der Waals surface area contributed by atoms with Crippen LogP contribution in [0.1, 0.15) is 39.0 Å². The number of nitrogens with one attached hydrogen (secondary N) is 1. The third-order valence-electron chi connectivity index (χ3n) is 3.90. The second kappa shape index (κ2) is 4.92. The minimum Gasteiger partial charge on any atom is -0.377 e. The van der Waals surface area contributed by atoms with Crippen LogP contribution in [0.5, 0.6) is 0 Å². The van der Waals surface area contributed by atoms with Gasteiger partial charge in [0.2, 0.25) is 5.91 Å². The Morgan fingerprint density at radius 3 is 2.81 bits per heavy atom. The number of halogens is 1. The van der Waals surface area contributed by atoms with Crippen molar-refractivity contribution in [2.75, 3.05) is 12.5 Å². The molecule has 16 heavy (non-hydrogen) atoms. The summed E-state index contributed by atoms with van der Waals surface area (Å²) in [6.45, 7) is 2.78. The van der Waals surface area contributed by atoms with Gasteiger partial charge < -0.3 is 10.1 Å². The minimum atomic E-state index is -0.112. The van der Waals surface area contributed by atoms with Crippen LogP contribution in [0.4, 0.5) is 0 Å². The fourth-order valence-corrected chi connectivity index (χ4v) is 2.93. The quantitative estimate of drug-likeness (QED) is 0.771. The summed E-state index contributed by atoms with van der Waals surface area (Å²) in [4.78, 5) is 12.1. The normalized spacial score (nSPS) is 32.1. The van der Waals surface area contributed by atoms with E-state index in [-0.39, 0.29) is 23.5 Å². The maximum absolute atomic E-state index is 12.1. The highest BCUT2D eigenvalue weighted by atomic mass is 35.5. The van der Waals surface area contributed by atoms with Gasteiger partial charge in [0.1, 0.15) is 0 Å². The first-order valence-electron chi connectivity index (χ1n) is 6.20. The minimum absolute atomic E-state index is 0.0330. The van der Waals surface area contributed by atoms with E-state index in [4.69, 9.17) is 16.3 Å². The zero-order valence-electron chi connectivity index (χ0n) is 9.80. The van der Waals surface area contributed by atoms with E-state index in [2.05, 4.69) is 12.2 Å². The van der Waals surface area contributed by atoms with Crippen molar-refractivity contribution in [1.29, 1.82) is 0 Å². The number of hydrogen-bond donors (Lipinski definition) is 1. The molecular formula is C12H20ClNO2. The maximum Gasteiger partial charge on any atom is 0.226 e. The molecule has 1 aliphatic carbocycles. The molecule has 1 amide bonds. The monoisotopic (exact) mass is 245 g/mol. The third-order valence-corrected chi connectivity index (χ3v) is 4.42. The van der Waals surface area contributed by atoms with Gasteiger partial charge in [0.25, 0.3) is 0 Å². The lowest BCUT2D eigenvalue weighted by Gasteiger charge is -2.41. The largest absolute Gasteiger partial charge is 0.377 e. The Bertz CT molecular complexity index is 260. The average molecular weight is 246 g/mol. The molecule has 0 spiro atoms. The van der Waals surface area contributed by atoms with Crippen molar-refractivity contribution in [3.8, 4) is 0 Å². The highest BCUT2D eigenvalue weighted by molar-refractivity contribution is 6.18. The number of ether oxygens (including phenoxy) is 1. The molecule has 2 fully saturated rings. The fourth-order valence-electron chi connectivity index (χ4n) is 2.60. The van der Waals surface area contributed by atoms with Crippen LogP contribution in [0.25, 0.3) is 0 Å². The summed E-state index contributed by atoms with van der Waals surface area (Å²) in [6.07, 6.45) is 5.08. The van der Waals surface area contributed by atoms with Crippen LogP contribution in [-0.4, -0.2) is 30.0 Å². The molecule has 4 heteroatoms. The van der Waals surface area contributed by atoms with Crippen LogP contribution in [0.3, 0.4) is 0 Å². The Balaban J connectivity index is 1.92. The summed E-state index contributed by atoms with van der Waals surface area (Å²) in [5.41, 5.74) is -0.112. The predicted octanol–water partition coefficient (Wildman–Crippen LogP) is 2.08. The van der Waals surface area contributed by atoms with Crippen molar-refractivity contribution in [3.05, 3.63) is 0 Å². The first kappa shape index (κ1) is 12.2. The van der Waals surface area contributed by atoms with E-state index >= 15 is 0 Å². The highest BCUT2D eigenvalue weighted by Crippen LogP contribution is 2.34. The Morgan fingerprint density at radius 2 is 2.31 bits per heavy atom. The van der Waals surface area contributed by atoms with Crippen molar-refractivity contribution in [1.82, 2.24) is 5.32 Å². The molecule has 0 aromatic rings. The molecule has 1 heterocycles. The maximum atomic E-state index is 12.1. The van der Waals surface area contributed by atoms with Crippen LogP contribution in [0.15, 0.2) is 0 Å². The molecule has 0 aromatic carbocycles. The van der Waals surface area contributed by atoms with Gasteiger partial charge in [-0.1, -0.05) is 6.92 Å². The van der Waals surface area contributed by atoms with Crippen LogP contribution in [0, 0.1) is 5.92 Å². The van der Waals surface area contributed by atoms with E-state index in [0.717, 1.165) is 25.7 Å². The van der Waals surface area contributed by atoms with Gasteiger partial charge in [-0.3, -0.25) is 4.79 Å². The topological polar surface area (TPSA) is 38.3 Å². The Hall–Kier alpha value is -0.280. The summed E-state index contributed by atoms with van der Waals surface area (Å²) in [5.74, 6) is 0.707. The van der Waals surface area contributed by atoms with E-state index in [1.165, 1.54) is 6.42 Å². The third kappa shape index (κ3) is 2.21. The van der Waals surface area contributed by atoms with Crippen LogP contribution >= 0.6 is 11.6 Å². The van der Waals surface area contributed by atoms with Crippen molar-refractivity contribution < 1.29 is 9.53 Å². The van der Waals surface area contributed by atoms with E-state index in [0.29, 0.717) is 12.5 Å². The van der Waals surface area contributed by atoms with Crippen molar-refractivity contribution in [3.63, 3.8) is 0 Å². The molecule has 1 saturated carbocycles. The molecule has 2 rings (SSSR count). The first-order valence-corrected chi connectivity index (χ1v) is 6.74. The van der Waals surface area contributed by atoms with E-state index in [9.17, 15) is 4.79 Å². The predicted molar refractivity (Wildman–Crippen MR) is 63.6 cm³/mol. The van der Waals surface area contributed by atoms with Gasteiger partial charge in [0, 0.05) is 12.5 Å². The van der Waals surface area contributed by atoms with Crippen molar-refractivity contribution >= 4 is 17.5 Å². The molecule has 1 N–H and O–H groups in total. The molecule has 2 aliphatic rings. The number of rotatable bonds is 4. The summed E-state index contributed by atoms with van der Waals surface area (Å²) in [7, 11) is 0. The lowest BCUT2D eigenvalue weighted by molar-refractivity contribution is -0.129. The molecule has 92 valence electrons. The van der Waals surface area contributed by atoms with E-state index in [1.54, 1.807) is 0 Å². The molecule has 0 bridgehead atoms. The molecule has 1 saturated heterocycles. The molecule has 1 aliphatic heterocycles. The number of amides is 1. The smallest absolute Gasteiger partial charge is 0.226 e. The average Bonchev–Trinajstić information content (AvgIpc) is 2.71. The van der Waals surface area contributed by atoms with Gasteiger partial charge in [-0.2, -0.15) is 0 Å². The highest BCUT2D eigenvalue weighted by Gasteiger charge is 2.41. The first-order chi connectivity index (χ1) is 7.71. The summed E-state index contributed by atoms with van der Waals surface area (Å²) >= 11 is 5.94. The Morgan fingerprint density at radius 1 is 1.56 bits per heavy atom. The number of carbonyl (C=O) groups excluding carboxylic acids is 1. The Kier molecular flexibility index (Phi) is 3.75. The molecular weight excluding hydrogens is 226 g/mol. The van der Waals surface area contributed by atoms with E-state index < -0.39 is 0 Å². The standard InChI is InChI=1S/C12H20ClNO2/c1-2-10-9(4-7-16-10)11(15)14-12(8-13)5-3-6-12/h9-10H,2-8H2,1H3,(H,14,15). The Labute approximate surface area is 102 Å². The number of carbonyl (C=O) groups is 1.